The van der Waals surface area contributed by atoms with Crippen LogP contribution < -0.4 is 5.73 Å². The Morgan fingerprint density at radius 2 is 2.13 bits per heavy atom. The van der Waals surface area contributed by atoms with E-state index in [1.54, 1.807) is 6.92 Å². The number of benzene rings is 1. The molecule has 0 aliphatic carbocycles. The Balaban J connectivity index is 2.44. The summed E-state index contributed by atoms with van der Waals surface area (Å²) in [6, 6.07) is 9.95. The fourth-order valence-corrected chi connectivity index (χ4v) is 1.78. The Morgan fingerprint density at radius 3 is 2.80 bits per heavy atom. The third-order valence-electron chi connectivity index (χ3n) is 2.74. The molecular formula is C12H16N2O. The van der Waals surface area contributed by atoms with Crippen LogP contribution in [0.3, 0.4) is 0 Å². The lowest BCUT2D eigenvalue weighted by Gasteiger charge is -2.20. The van der Waals surface area contributed by atoms with Crippen LogP contribution in [-0.4, -0.2) is 16.6 Å². The molecule has 1 aromatic carbocycles. The van der Waals surface area contributed by atoms with Gasteiger partial charge in [-0.2, -0.15) is 0 Å². The Bertz CT molecular complexity index is 426. The second kappa shape index (κ2) is 3.68. The second-order valence-electron chi connectivity index (χ2n) is 4.08. The van der Waals surface area contributed by atoms with Crippen molar-refractivity contribution in [3.8, 4) is 0 Å². The van der Waals surface area contributed by atoms with E-state index < -0.39 is 5.60 Å². The van der Waals surface area contributed by atoms with Gasteiger partial charge >= 0.3 is 0 Å². The monoisotopic (exact) mass is 204 g/mol. The highest BCUT2D eigenvalue weighted by atomic mass is 16.3. The zero-order valence-corrected chi connectivity index (χ0v) is 8.83. The molecule has 0 aliphatic rings. The Hall–Kier alpha value is -1.32. The Labute approximate surface area is 88.9 Å². The number of para-hydroxylation sites is 1. The molecule has 0 radical (unpaired) electrons. The molecule has 80 valence electrons. The summed E-state index contributed by atoms with van der Waals surface area (Å²) in [4.78, 5) is 3.22. The molecule has 1 heterocycles. The first-order valence-corrected chi connectivity index (χ1v) is 5.14. The predicted molar refractivity (Wildman–Crippen MR) is 61.5 cm³/mol. The highest BCUT2D eigenvalue weighted by molar-refractivity contribution is 5.80. The molecular weight excluding hydrogens is 188 g/mol. The van der Waals surface area contributed by atoms with E-state index in [0.717, 1.165) is 16.6 Å². The van der Waals surface area contributed by atoms with Gasteiger partial charge in [0.1, 0.15) is 5.60 Å². The Morgan fingerprint density at radius 1 is 1.40 bits per heavy atom. The van der Waals surface area contributed by atoms with Crippen molar-refractivity contribution in [1.29, 1.82) is 0 Å². The number of rotatable bonds is 3. The third kappa shape index (κ3) is 1.89. The largest absolute Gasteiger partial charge is 0.384 e. The van der Waals surface area contributed by atoms with E-state index >= 15 is 0 Å². The lowest BCUT2D eigenvalue weighted by molar-refractivity contribution is 0.0467. The van der Waals surface area contributed by atoms with E-state index in [1.165, 1.54) is 0 Å². The smallest absolute Gasteiger partial charge is 0.103 e. The molecule has 1 aromatic heterocycles. The van der Waals surface area contributed by atoms with Gasteiger partial charge in [0, 0.05) is 11.2 Å². The van der Waals surface area contributed by atoms with Crippen LogP contribution in [0.4, 0.5) is 0 Å². The van der Waals surface area contributed by atoms with Gasteiger partial charge in [0.2, 0.25) is 0 Å². The summed E-state index contributed by atoms with van der Waals surface area (Å²) in [6.45, 7) is 2.26. The van der Waals surface area contributed by atoms with Crippen molar-refractivity contribution in [2.45, 2.75) is 18.9 Å². The van der Waals surface area contributed by atoms with Crippen LogP contribution in [0.5, 0.6) is 0 Å². The average Bonchev–Trinajstić information content (AvgIpc) is 2.61. The van der Waals surface area contributed by atoms with E-state index in [-0.39, 0.29) is 0 Å². The topological polar surface area (TPSA) is 62.0 Å². The van der Waals surface area contributed by atoms with Crippen molar-refractivity contribution in [3.63, 3.8) is 0 Å². The van der Waals surface area contributed by atoms with Gasteiger partial charge in [0.15, 0.2) is 0 Å². The molecule has 3 heteroatoms. The van der Waals surface area contributed by atoms with Crippen LogP contribution in [0.1, 0.15) is 19.0 Å². The SMILES string of the molecule is CC(O)(CCN)c1cc2ccccc2[nH]1. The van der Waals surface area contributed by atoms with Crippen LogP contribution in [0.25, 0.3) is 10.9 Å². The number of nitrogens with one attached hydrogen (secondary N) is 1. The first-order valence-electron chi connectivity index (χ1n) is 5.14. The number of aromatic amines is 1. The van der Waals surface area contributed by atoms with Crippen LogP contribution in [-0.2, 0) is 5.60 Å². The van der Waals surface area contributed by atoms with Gasteiger partial charge < -0.3 is 15.8 Å². The molecule has 0 fully saturated rings. The number of H-pyrrole nitrogens is 1. The molecule has 0 saturated carbocycles. The summed E-state index contributed by atoms with van der Waals surface area (Å²) in [5, 5.41) is 11.3. The number of aliphatic hydroxyl groups is 1. The van der Waals surface area contributed by atoms with Gasteiger partial charge in [-0.1, -0.05) is 18.2 Å². The van der Waals surface area contributed by atoms with Crippen LogP contribution in [0.15, 0.2) is 30.3 Å². The van der Waals surface area contributed by atoms with Crippen molar-refractivity contribution in [3.05, 3.63) is 36.0 Å². The highest BCUT2D eigenvalue weighted by Crippen LogP contribution is 2.26. The number of aromatic nitrogens is 1. The quantitative estimate of drug-likeness (QED) is 0.713. The molecule has 0 saturated heterocycles. The van der Waals surface area contributed by atoms with Crippen LogP contribution in [0.2, 0.25) is 0 Å². The lowest BCUT2D eigenvalue weighted by Crippen LogP contribution is -2.25. The molecule has 0 spiro atoms. The highest BCUT2D eigenvalue weighted by Gasteiger charge is 2.23. The Kier molecular flexibility index (Phi) is 2.50. The van der Waals surface area contributed by atoms with Gasteiger partial charge in [0.25, 0.3) is 0 Å². The van der Waals surface area contributed by atoms with Crippen molar-refractivity contribution in [1.82, 2.24) is 4.98 Å². The van der Waals surface area contributed by atoms with E-state index in [0.29, 0.717) is 13.0 Å². The van der Waals surface area contributed by atoms with Gasteiger partial charge in [-0.15, -0.1) is 0 Å². The molecule has 0 bridgehead atoms. The first-order chi connectivity index (χ1) is 7.13. The molecule has 0 amide bonds. The number of hydrogen-bond donors (Lipinski definition) is 3. The van der Waals surface area contributed by atoms with Gasteiger partial charge in [-0.3, -0.25) is 0 Å². The van der Waals surface area contributed by atoms with Crippen LogP contribution in [0, 0.1) is 0 Å². The maximum Gasteiger partial charge on any atom is 0.103 e. The van der Waals surface area contributed by atoms with Crippen molar-refractivity contribution in [2.24, 2.45) is 5.73 Å². The number of hydrogen-bond acceptors (Lipinski definition) is 2. The van der Waals surface area contributed by atoms with Crippen molar-refractivity contribution < 1.29 is 5.11 Å². The molecule has 15 heavy (non-hydrogen) atoms. The summed E-state index contributed by atoms with van der Waals surface area (Å²) in [6.07, 6.45) is 0.555. The first kappa shape index (κ1) is 10.2. The molecule has 1 atom stereocenters. The zero-order chi connectivity index (χ0) is 10.9. The summed E-state index contributed by atoms with van der Waals surface area (Å²) >= 11 is 0. The van der Waals surface area contributed by atoms with Crippen LogP contribution >= 0.6 is 0 Å². The van der Waals surface area contributed by atoms with E-state index in [1.807, 2.05) is 30.3 Å². The van der Waals surface area contributed by atoms with Gasteiger partial charge in [-0.25, -0.2) is 0 Å². The average molecular weight is 204 g/mol. The predicted octanol–water partition coefficient (Wildman–Crippen LogP) is 1.72. The fraction of sp³-hybridized carbons (Fsp3) is 0.333. The summed E-state index contributed by atoms with van der Waals surface area (Å²) in [5.74, 6) is 0. The second-order valence-corrected chi connectivity index (χ2v) is 4.08. The maximum atomic E-state index is 10.2. The molecule has 3 nitrogen and oxygen atoms in total. The summed E-state index contributed by atoms with van der Waals surface area (Å²) in [7, 11) is 0. The minimum absolute atomic E-state index is 0.475. The normalized spacial score (nSPS) is 15.4. The van der Waals surface area contributed by atoms with Crippen molar-refractivity contribution >= 4 is 10.9 Å². The third-order valence-corrected chi connectivity index (χ3v) is 2.74. The summed E-state index contributed by atoms with van der Waals surface area (Å²) < 4.78 is 0. The van der Waals surface area contributed by atoms with E-state index in [9.17, 15) is 5.11 Å². The van der Waals surface area contributed by atoms with E-state index in [4.69, 9.17) is 5.73 Å². The number of fused-ring (bicyclic) bond motifs is 1. The molecule has 4 N–H and O–H groups in total. The molecule has 1 unspecified atom stereocenters. The van der Waals surface area contributed by atoms with E-state index in [2.05, 4.69) is 4.98 Å². The van der Waals surface area contributed by atoms with Crippen molar-refractivity contribution in [2.75, 3.05) is 6.54 Å². The maximum absolute atomic E-state index is 10.2. The molecule has 2 rings (SSSR count). The molecule has 2 aromatic rings. The zero-order valence-electron chi connectivity index (χ0n) is 8.83. The minimum Gasteiger partial charge on any atom is -0.384 e. The molecule has 0 aliphatic heterocycles. The number of nitrogens with two attached hydrogens (primary N) is 1. The fourth-order valence-electron chi connectivity index (χ4n) is 1.78. The summed E-state index contributed by atoms with van der Waals surface area (Å²) in [5.41, 5.74) is 6.48. The van der Waals surface area contributed by atoms with Gasteiger partial charge in [-0.05, 0) is 37.4 Å². The minimum atomic E-state index is -0.867. The standard InChI is InChI=1S/C12H16N2O/c1-12(15,6-7-13)11-8-9-4-2-3-5-10(9)14-11/h2-5,8,14-15H,6-7,13H2,1H3. The van der Waals surface area contributed by atoms with Gasteiger partial charge in [0.05, 0.1) is 0 Å². The lowest BCUT2D eigenvalue weighted by atomic mass is 9.98.